The number of halogens is 3. The fourth-order valence-corrected chi connectivity index (χ4v) is 6.96. The Morgan fingerprint density at radius 2 is 1.62 bits per heavy atom. The van der Waals surface area contributed by atoms with Crippen LogP contribution in [0.25, 0.3) is 17.3 Å². The molecule has 1 heterocycles. The first kappa shape index (κ1) is 26.4. The van der Waals surface area contributed by atoms with Crippen LogP contribution in [0.5, 0.6) is 0 Å². The van der Waals surface area contributed by atoms with Crippen LogP contribution in [0.2, 0.25) is 15.1 Å². The summed E-state index contributed by atoms with van der Waals surface area (Å²) in [6, 6.07) is 10.1. The summed E-state index contributed by atoms with van der Waals surface area (Å²) in [5.41, 5.74) is 2.11. The Labute approximate surface area is 241 Å². The van der Waals surface area contributed by atoms with Crippen LogP contribution >= 0.6 is 34.8 Å². The first-order chi connectivity index (χ1) is 18.7. The highest BCUT2D eigenvalue weighted by Gasteiger charge is 2.51. The maximum atomic E-state index is 13.4. The smallest absolute Gasteiger partial charge is 0.337 e. The van der Waals surface area contributed by atoms with Gasteiger partial charge in [0.15, 0.2) is 0 Å². The van der Waals surface area contributed by atoms with Crippen LogP contribution < -0.4 is 5.32 Å². The van der Waals surface area contributed by atoms with Crippen molar-refractivity contribution < 1.29 is 19.2 Å². The second-order valence-electron chi connectivity index (χ2n) is 11.1. The van der Waals surface area contributed by atoms with Crippen molar-refractivity contribution in [2.75, 3.05) is 5.32 Å². The standard InChI is InChI=1S/C30H27Cl3N2O4/c31-20-4-2-5-21(32)23(20)25-19(26(39-35-25)17-7-8-17)9-10-29-11-14-30(15-12-29,16-13-29)28(38)34-22-6-1-3-18(24(22)33)27(36)37/h1-6,9-10,17H,7-8,11-16H2,(H,34,38)(H,36,37). The number of carboxylic acid groups (broad SMARTS) is 1. The van der Waals surface area contributed by atoms with Gasteiger partial charge in [0.1, 0.15) is 11.5 Å². The van der Waals surface area contributed by atoms with E-state index in [-0.39, 0.29) is 21.9 Å². The third-order valence-corrected chi connectivity index (χ3v) is 9.81. The number of hydrogen-bond donors (Lipinski definition) is 2. The van der Waals surface area contributed by atoms with Gasteiger partial charge in [0.25, 0.3) is 0 Å². The van der Waals surface area contributed by atoms with E-state index in [1.54, 1.807) is 24.3 Å². The summed E-state index contributed by atoms with van der Waals surface area (Å²) in [6.45, 7) is 0. The van der Waals surface area contributed by atoms with Gasteiger partial charge in [0.05, 0.1) is 26.3 Å². The maximum Gasteiger partial charge on any atom is 0.337 e. The van der Waals surface area contributed by atoms with Gasteiger partial charge in [-0.2, -0.15) is 0 Å². The monoisotopic (exact) mass is 584 g/mol. The molecule has 6 nitrogen and oxygen atoms in total. The van der Waals surface area contributed by atoms with E-state index >= 15 is 0 Å². The zero-order chi connectivity index (χ0) is 27.4. The molecule has 4 aliphatic rings. The third-order valence-electron chi connectivity index (χ3n) is 8.77. The lowest BCUT2D eigenvalue weighted by molar-refractivity contribution is -0.133. The molecule has 0 spiro atoms. The minimum Gasteiger partial charge on any atom is -0.478 e. The van der Waals surface area contributed by atoms with Gasteiger partial charge in [-0.05, 0) is 81.0 Å². The Morgan fingerprint density at radius 3 is 2.23 bits per heavy atom. The number of anilines is 1. The van der Waals surface area contributed by atoms with Crippen molar-refractivity contribution in [1.29, 1.82) is 0 Å². The van der Waals surface area contributed by atoms with E-state index in [1.165, 1.54) is 6.07 Å². The van der Waals surface area contributed by atoms with Gasteiger partial charge < -0.3 is 14.9 Å². The Bertz CT molecular complexity index is 1460. The van der Waals surface area contributed by atoms with Crippen LogP contribution in [0.15, 0.2) is 47.0 Å². The number of amides is 1. The molecule has 9 heteroatoms. The number of hydrogen-bond acceptors (Lipinski definition) is 4. The van der Waals surface area contributed by atoms with Gasteiger partial charge in [-0.3, -0.25) is 4.79 Å². The predicted molar refractivity (Wildman–Crippen MR) is 153 cm³/mol. The minimum atomic E-state index is -1.13. The van der Waals surface area contributed by atoms with Crippen molar-refractivity contribution >= 4 is 58.4 Å². The molecule has 2 N–H and O–H groups in total. The summed E-state index contributed by atoms with van der Waals surface area (Å²) in [4.78, 5) is 24.9. The minimum absolute atomic E-state index is 0.0114. The summed E-state index contributed by atoms with van der Waals surface area (Å²) in [6.07, 6.45) is 11.5. The van der Waals surface area contributed by atoms with E-state index in [0.29, 0.717) is 32.9 Å². The highest BCUT2D eigenvalue weighted by atomic mass is 35.5. The molecule has 4 saturated carbocycles. The quantitative estimate of drug-likeness (QED) is 0.289. The second kappa shape index (κ2) is 9.99. The molecule has 0 saturated heterocycles. The number of carbonyl (C=O) groups is 2. The van der Waals surface area contributed by atoms with Crippen LogP contribution in [0.4, 0.5) is 5.69 Å². The summed E-state index contributed by atoms with van der Waals surface area (Å²) in [7, 11) is 0. The van der Waals surface area contributed by atoms with E-state index in [1.807, 2.05) is 6.07 Å². The molecule has 0 atom stereocenters. The largest absolute Gasteiger partial charge is 0.478 e. The number of fused-ring (bicyclic) bond motifs is 3. The normalized spacial score (nSPS) is 24.3. The third kappa shape index (κ3) is 4.77. The van der Waals surface area contributed by atoms with Crippen molar-refractivity contribution in [3.8, 4) is 11.3 Å². The maximum absolute atomic E-state index is 13.4. The molecule has 1 amide bonds. The number of rotatable bonds is 7. The Balaban J connectivity index is 1.22. The number of carbonyl (C=O) groups excluding carboxylic acids is 1. The van der Waals surface area contributed by atoms with E-state index in [2.05, 4.69) is 22.6 Å². The highest BCUT2D eigenvalue weighted by molar-refractivity contribution is 6.39. The van der Waals surface area contributed by atoms with E-state index in [9.17, 15) is 14.7 Å². The number of nitrogens with zero attached hydrogens (tertiary/aromatic N) is 1. The van der Waals surface area contributed by atoms with Gasteiger partial charge >= 0.3 is 5.97 Å². The fraction of sp³-hybridized carbons (Fsp3) is 0.367. The lowest BCUT2D eigenvalue weighted by Gasteiger charge is -2.51. The summed E-state index contributed by atoms with van der Waals surface area (Å²) >= 11 is 19.3. The van der Waals surface area contributed by atoms with Crippen LogP contribution in [0.1, 0.15) is 79.0 Å². The summed E-state index contributed by atoms with van der Waals surface area (Å²) in [5.74, 6) is 0.0355. The van der Waals surface area contributed by atoms with Crippen molar-refractivity contribution in [3.63, 3.8) is 0 Å². The molecule has 3 aromatic rings. The molecule has 0 unspecified atom stereocenters. The molecule has 0 radical (unpaired) electrons. The fourth-order valence-electron chi connectivity index (χ4n) is 6.13. The van der Waals surface area contributed by atoms with Gasteiger partial charge in [-0.1, -0.05) is 64.2 Å². The molecule has 1 aromatic heterocycles. The first-order valence-corrected chi connectivity index (χ1v) is 14.3. The Kier molecular flexibility index (Phi) is 6.77. The van der Waals surface area contributed by atoms with Crippen LogP contribution in [-0.4, -0.2) is 22.1 Å². The van der Waals surface area contributed by atoms with Crippen molar-refractivity contribution in [1.82, 2.24) is 5.16 Å². The van der Waals surface area contributed by atoms with Gasteiger partial charge in [0, 0.05) is 22.5 Å². The average Bonchev–Trinajstić information content (AvgIpc) is 3.69. The molecule has 7 rings (SSSR count). The summed E-state index contributed by atoms with van der Waals surface area (Å²) in [5, 5.41) is 17.8. The number of aromatic carboxylic acids is 1. The van der Waals surface area contributed by atoms with Gasteiger partial charge in [0.2, 0.25) is 5.91 Å². The van der Waals surface area contributed by atoms with Crippen LogP contribution in [0, 0.1) is 10.8 Å². The van der Waals surface area contributed by atoms with Crippen LogP contribution in [0.3, 0.4) is 0 Å². The lowest BCUT2D eigenvalue weighted by atomic mass is 9.53. The topological polar surface area (TPSA) is 92.4 Å². The average molecular weight is 586 g/mol. The van der Waals surface area contributed by atoms with E-state index in [0.717, 1.165) is 62.7 Å². The molecule has 0 aliphatic heterocycles. The number of nitrogens with one attached hydrogen (secondary N) is 1. The Morgan fingerprint density at radius 1 is 0.974 bits per heavy atom. The molecule has 39 heavy (non-hydrogen) atoms. The van der Waals surface area contributed by atoms with E-state index < -0.39 is 11.4 Å². The van der Waals surface area contributed by atoms with Gasteiger partial charge in [-0.25, -0.2) is 4.79 Å². The van der Waals surface area contributed by atoms with E-state index in [4.69, 9.17) is 39.3 Å². The number of carboxylic acids is 1. The molecule has 2 bridgehead atoms. The SMILES string of the molecule is O=C(O)c1cccc(NC(=O)C23CCC(C=Cc4c(-c5c(Cl)cccc5Cl)noc4C4CC4)(CC2)CC3)c1Cl. The van der Waals surface area contributed by atoms with Crippen molar-refractivity contribution in [3.05, 3.63) is 74.4 Å². The zero-order valence-electron chi connectivity index (χ0n) is 21.1. The highest BCUT2D eigenvalue weighted by Crippen LogP contribution is 2.58. The second-order valence-corrected chi connectivity index (χ2v) is 12.3. The number of aromatic nitrogens is 1. The molecule has 4 aliphatic carbocycles. The van der Waals surface area contributed by atoms with Crippen molar-refractivity contribution in [2.45, 2.75) is 57.3 Å². The first-order valence-electron chi connectivity index (χ1n) is 13.2. The summed E-state index contributed by atoms with van der Waals surface area (Å²) < 4.78 is 5.82. The molecule has 2 aromatic carbocycles. The molecule has 4 fully saturated rings. The number of benzene rings is 2. The predicted octanol–water partition coefficient (Wildman–Crippen LogP) is 8.87. The molecular formula is C30H27Cl3N2O4. The lowest BCUT2D eigenvalue weighted by Crippen LogP contribution is -2.47. The van der Waals surface area contributed by atoms with Crippen LogP contribution in [-0.2, 0) is 4.79 Å². The number of allylic oxidation sites excluding steroid dienone is 1. The van der Waals surface area contributed by atoms with Gasteiger partial charge in [-0.15, -0.1) is 0 Å². The zero-order valence-corrected chi connectivity index (χ0v) is 23.4. The molecule has 202 valence electrons. The van der Waals surface area contributed by atoms with Crippen molar-refractivity contribution in [2.24, 2.45) is 10.8 Å². The Hall–Kier alpha value is -2.80. The molecular weight excluding hydrogens is 559 g/mol.